The molecule has 2 aliphatic rings. The number of hydrogen-bond acceptors (Lipinski definition) is 9. The van der Waals surface area contributed by atoms with Gasteiger partial charge in [0, 0.05) is 44.5 Å². The van der Waals surface area contributed by atoms with E-state index in [2.05, 4.69) is 30.6 Å². The quantitative estimate of drug-likeness (QED) is 0.394. The number of benzene rings is 1. The maximum Gasteiger partial charge on any atom is 0.439 e. The van der Waals surface area contributed by atoms with Crippen LogP contribution in [0.5, 0.6) is 0 Å². The number of aromatic nitrogens is 4. The summed E-state index contributed by atoms with van der Waals surface area (Å²) in [4.78, 5) is 42.8. The molecular weight excluding hydrogens is 472 g/mol. The minimum Gasteiger partial charge on any atom is -0.406 e. The summed E-state index contributed by atoms with van der Waals surface area (Å²) in [5, 5.41) is 3.11. The first-order valence-electron chi connectivity index (χ1n) is 12.5. The lowest BCUT2D eigenvalue weighted by molar-refractivity contribution is 0.0626. The van der Waals surface area contributed by atoms with Gasteiger partial charge in [0.25, 0.3) is 5.91 Å². The van der Waals surface area contributed by atoms with Crippen molar-refractivity contribution in [1.29, 1.82) is 0 Å². The normalized spacial score (nSPS) is 16.2. The Morgan fingerprint density at radius 1 is 1.05 bits per heavy atom. The number of amides is 1. The summed E-state index contributed by atoms with van der Waals surface area (Å²) in [7, 11) is 0. The lowest BCUT2D eigenvalue weighted by Gasteiger charge is -2.34. The predicted molar refractivity (Wildman–Crippen MR) is 139 cm³/mol. The Balaban J connectivity index is 1.11. The summed E-state index contributed by atoms with van der Waals surface area (Å²) in [6.45, 7) is 6.31. The van der Waals surface area contributed by atoms with Gasteiger partial charge in [-0.3, -0.25) is 15.1 Å². The van der Waals surface area contributed by atoms with Crippen LogP contribution >= 0.6 is 0 Å². The molecule has 37 heavy (non-hydrogen) atoms. The molecule has 1 aliphatic carbocycles. The summed E-state index contributed by atoms with van der Waals surface area (Å²) >= 11 is 0. The zero-order valence-electron chi connectivity index (χ0n) is 20.6. The van der Waals surface area contributed by atoms with Crippen molar-refractivity contribution >= 4 is 34.5 Å². The predicted octanol–water partition coefficient (Wildman–Crippen LogP) is 2.87. The maximum atomic E-state index is 12.9. The van der Waals surface area contributed by atoms with E-state index in [9.17, 15) is 9.59 Å². The second-order valence-electron chi connectivity index (χ2n) is 9.60. The van der Waals surface area contributed by atoms with E-state index >= 15 is 0 Å². The van der Waals surface area contributed by atoms with Gasteiger partial charge in [0.15, 0.2) is 11.4 Å². The number of para-hydroxylation sites is 2. The first-order valence-corrected chi connectivity index (χ1v) is 12.5. The van der Waals surface area contributed by atoms with Crippen LogP contribution in [0.3, 0.4) is 0 Å². The van der Waals surface area contributed by atoms with Crippen LogP contribution < -0.4 is 16.5 Å². The smallest absolute Gasteiger partial charge is 0.406 e. The fourth-order valence-electron chi connectivity index (χ4n) is 4.48. The Bertz CT molecular complexity index is 1480. The van der Waals surface area contributed by atoms with Gasteiger partial charge in [0.2, 0.25) is 5.95 Å². The Morgan fingerprint density at radius 3 is 2.62 bits per heavy atom. The van der Waals surface area contributed by atoms with Crippen molar-refractivity contribution in [3.63, 3.8) is 0 Å². The molecule has 4 aromatic rings. The van der Waals surface area contributed by atoms with Gasteiger partial charge in [-0.1, -0.05) is 12.1 Å². The average molecular weight is 501 g/mol. The SMILES string of the molecule is Cc1cnc(Nc2ccc(C(=O)N3CCN(CC4CC4)CC3)nc2)nc1Nn1c(=O)oc2ccccc21. The van der Waals surface area contributed by atoms with Gasteiger partial charge in [-0.15, -0.1) is 0 Å². The van der Waals surface area contributed by atoms with Crippen molar-refractivity contribution in [1.82, 2.24) is 29.4 Å². The Morgan fingerprint density at radius 2 is 1.86 bits per heavy atom. The number of fused-ring (bicyclic) bond motifs is 1. The summed E-state index contributed by atoms with van der Waals surface area (Å²) in [5.74, 6) is 1.05. The highest BCUT2D eigenvalue weighted by molar-refractivity contribution is 5.92. The van der Waals surface area contributed by atoms with Crippen LogP contribution in [0.2, 0.25) is 0 Å². The number of carbonyl (C=O) groups is 1. The number of pyridine rings is 1. The van der Waals surface area contributed by atoms with Gasteiger partial charge in [-0.05, 0) is 49.9 Å². The third-order valence-electron chi connectivity index (χ3n) is 6.79. The highest BCUT2D eigenvalue weighted by atomic mass is 16.4. The number of hydrogen-bond donors (Lipinski definition) is 2. The monoisotopic (exact) mass is 500 g/mol. The van der Waals surface area contributed by atoms with Crippen molar-refractivity contribution in [3.05, 3.63) is 70.6 Å². The van der Waals surface area contributed by atoms with Gasteiger partial charge in [0.1, 0.15) is 11.2 Å². The largest absolute Gasteiger partial charge is 0.439 e. The van der Waals surface area contributed by atoms with Crippen molar-refractivity contribution in [3.8, 4) is 0 Å². The Hall–Kier alpha value is -4.25. The minimum absolute atomic E-state index is 0.0477. The molecule has 0 atom stereocenters. The van der Waals surface area contributed by atoms with E-state index in [1.165, 1.54) is 17.5 Å². The van der Waals surface area contributed by atoms with Crippen LogP contribution in [-0.4, -0.2) is 68.1 Å². The van der Waals surface area contributed by atoms with Crippen molar-refractivity contribution in [2.45, 2.75) is 19.8 Å². The van der Waals surface area contributed by atoms with Crippen molar-refractivity contribution in [2.24, 2.45) is 5.92 Å². The Kier molecular flexibility index (Phi) is 6.05. The summed E-state index contributed by atoms with van der Waals surface area (Å²) in [6.07, 6.45) is 5.94. The molecular formula is C26H28N8O3. The standard InChI is InChI=1S/C26H28N8O3/c1-17-14-28-25(30-23(17)31-34-21-4-2-3-5-22(21)37-26(34)36)29-19-8-9-20(27-15-19)24(35)33-12-10-32(11-13-33)16-18-6-7-18/h2-5,8-9,14-15,18H,6-7,10-13,16H2,1H3,(H2,28,29,30,31). The van der Waals surface area contributed by atoms with Crippen molar-refractivity contribution in [2.75, 3.05) is 43.5 Å². The number of nitrogens with one attached hydrogen (secondary N) is 2. The number of oxazole rings is 1. The number of aryl methyl sites for hydroxylation is 1. The third-order valence-corrected chi connectivity index (χ3v) is 6.79. The van der Waals surface area contributed by atoms with Gasteiger partial charge < -0.3 is 14.6 Å². The lowest BCUT2D eigenvalue weighted by Crippen LogP contribution is -2.49. The van der Waals surface area contributed by atoms with Crippen LogP contribution in [0, 0.1) is 12.8 Å². The minimum atomic E-state index is -0.539. The number of piperazine rings is 1. The molecule has 1 aromatic carbocycles. The molecule has 0 radical (unpaired) electrons. The fraction of sp³-hybridized carbons (Fsp3) is 0.346. The number of rotatable bonds is 7. The lowest BCUT2D eigenvalue weighted by atomic mass is 10.2. The van der Waals surface area contributed by atoms with Crippen LogP contribution in [0.25, 0.3) is 11.1 Å². The van der Waals surface area contributed by atoms with Gasteiger partial charge in [-0.2, -0.15) is 9.66 Å². The molecule has 2 N–H and O–H groups in total. The molecule has 0 bridgehead atoms. The van der Waals surface area contributed by atoms with E-state index in [1.54, 1.807) is 42.7 Å². The summed E-state index contributed by atoms with van der Waals surface area (Å²) in [6, 6.07) is 10.6. The second kappa shape index (κ2) is 9.66. The summed E-state index contributed by atoms with van der Waals surface area (Å²) < 4.78 is 6.59. The van der Waals surface area contributed by atoms with E-state index < -0.39 is 5.76 Å². The molecule has 0 spiro atoms. The van der Waals surface area contributed by atoms with Crippen molar-refractivity contribution < 1.29 is 9.21 Å². The third kappa shape index (κ3) is 5.03. The first-order chi connectivity index (χ1) is 18.0. The number of anilines is 3. The van der Waals surface area contributed by atoms with Gasteiger partial charge >= 0.3 is 5.76 Å². The molecule has 0 unspecified atom stereocenters. The number of nitrogens with zero attached hydrogens (tertiary/aromatic N) is 6. The maximum absolute atomic E-state index is 12.9. The van der Waals surface area contributed by atoms with Gasteiger partial charge in [0.05, 0.1) is 11.9 Å². The second-order valence-corrected chi connectivity index (χ2v) is 9.60. The molecule has 3 aromatic heterocycles. The van der Waals surface area contributed by atoms with Crippen LogP contribution in [0.4, 0.5) is 17.5 Å². The average Bonchev–Trinajstić information content (AvgIpc) is 3.68. The molecule has 11 nitrogen and oxygen atoms in total. The number of carbonyl (C=O) groups excluding carboxylic acids is 1. The van der Waals surface area contributed by atoms with E-state index in [-0.39, 0.29) is 5.91 Å². The summed E-state index contributed by atoms with van der Waals surface area (Å²) in [5.41, 5.74) is 5.91. The molecule has 11 heteroatoms. The Labute approximate surface area is 213 Å². The topological polar surface area (TPSA) is 121 Å². The molecule has 190 valence electrons. The van der Waals surface area contributed by atoms with E-state index in [0.29, 0.717) is 34.2 Å². The molecule has 1 aliphatic heterocycles. The molecule has 2 fully saturated rings. The molecule has 1 saturated heterocycles. The van der Waals surface area contributed by atoms with Crippen LogP contribution in [0.1, 0.15) is 28.9 Å². The molecule has 1 amide bonds. The first kappa shape index (κ1) is 23.2. The zero-order chi connectivity index (χ0) is 25.4. The highest BCUT2D eigenvalue weighted by Gasteiger charge is 2.28. The molecule has 4 heterocycles. The molecule has 1 saturated carbocycles. The van der Waals surface area contributed by atoms with Crippen LogP contribution in [-0.2, 0) is 0 Å². The van der Waals surface area contributed by atoms with E-state index in [0.717, 1.165) is 44.2 Å². The van der Waals surface area contributed by atoms with E-state index in [1.807, 2.05) is 17.9 Å². The van der Waals surface area contributed by atoms with Crippen LogP contribution in [0.15, 0.2) is 58.0 Å². The zero-order valence-corrected chi connectivity index (χ0v) is 20.6. The van der Waals surface area contributed by atoms with Gasteiger partial charge in [-0.25, -0.2) is 14.8 Å². The molecule has 6 rings (SSSR count). The van der Waals surface area contributed by atoms with E-state index in [4.69, 9.17) is 4.42 Å². The highest BCUT2D eigenvalue weighted by Crippen LogP contribution is 2.30. The fourth-order valence-corrected chi connectivity index (χ4v) is 4.48.